The first-order valence-corrected chi connectivity index (χ1v) is 6.36. The van der Waals surface area contributed by atoms with Crippen LogP contribution in [0, 0.1) is 10.1 Å². The van der Waals surface area contributed by atoms with Gasteiger partial charge in [0.25, 0.3) is 0 Å². The normalized spacial score (nSPS) is 12.1. The van der Waals surface area contributed by atoms with Gasteiger partial charge in [0, 0.05) is 14.2 Å². The SMILES string of the molecule is COCc1nc2c([N+](=O)[O-])c(Br)c(C(F)(F)F)cc2n1C. The fourth-order valence-corrected chi connectivity index (χ4v) is 2.63. The Hall–Kier alpha value is -1.68. The van der Waals surface area contributed by atoms with Gasteiger partial charge in [0.15, 0.2) is 5.52 Å². The van der Waals surface area contributed by atoms with Gasteiger partial charge in [0.1, 0.15) is 16.9 Å². The van der Waals surface area contributed by atoms with Gasteiger partial charge in [-0.1, -0.05) is 0 Å². The van der Waals surface area contributed by atoms with Crippen LogP contribution in [-0.4, -0.2) is 21.6 Å². The predicted molar refractivity (Wildman–Crippen MR) is 70.8 cm³/mol. The molecule has 0 unspecified atom stereocenters. The summed E-state index contributed by atoms with van der Waals surface area (Å²) in [6.45, 7) is 0.0291. The number of nitro benzene ring substituents is 1. The molecule has 0 amide bonds. The van der Waals surface area contributed by atoms with Crippen LogP contribution in [-0.2, 0) is 24.6 Å². The van der Waals surface area contributed by atoms with Crippen molar-refractivity contribution in [2.75, 3.05) is 7.11 Å². The number of alkyl halides is 3. The zero-order chi connectivity index (χ0) is 15.9. The highest BCUT2D eigenvalue weighted by Crippen LogP contribution is 2.43. The molecule has 1 aromatic carbocycles. The van der Waals surface area contributed by atoms with E-state index in [0.29, 0.717) is 5.82 Å². The molecule has 0 spiro atoms. The van der Waals surface area contributed by atoms with Crippen molar-refractivity contribution in [3.8, 4) is 0 Å². The molecule has 0 N–H and O–H groups in total. The van der Waals surface area contributed by atoms with Crippen LogP contribution in [0.25, 0.3) is 11.0 Å². The third-order valence-corrected chi connectivity index (χ3v) is 3.75. The second-order valence-electron chi connectivity index (χ2n) is 4.23. The van der Waals surface area contributed by atoms with E-state index in [-0.39, 0.29) is 17.6 Å². The molecule has 0 aliphatic rings. The van der Waals surface area contributed by atoms with Crippen molar-refractivity contribution in [2.45, 2.75) is 12.8 Å². The maximum Gasteiger partial charge on any atom is 0.417 e. The van der Waals surface area contributed by atoms with Crippen molar-refractivity contribution in [3.05, 3.63) is 32.0 Å². The van der Waals surface area contributed by atoms with Crippen molar-refractivity contribution in [1.29, 1.82) is 0 Å². The van der Waals surface area contributed by atoms with E-state index in [4.69, 9.17) is 4.74 Å². The molecule has 1 heterocycles. The smallest absolute Gasteiger partial charge is 0.377 e. The molecule has 0 radical (unpaired) electrons. The fourth-order valence-electron chi connectivity index (χ4n) is 1.96. The number of aromatic nitrogens is 2. The second-order valence-corrected chi connectivity index (χ2v) is 5.02. The van der Waals surface area contributed by atoms with Gasteiger partial charge >= 0.3 is 11.9 Å². The van der Waals surface area contributed by atoms with Crippen molar-refractivity contribution in [1.82, 2.24) is 9.55 Å². The summed E-state index contributed by atoms with van der Waals surface area (Å²) >= 11 is 2.67. The summed E-state index contributed by atoms with van der Waals surface area (Å²) in [6.07, 6.45) is -4.72. The summed E-state index contributed by atoms with van der Waals surface area (Å²) in [5, 5.41) is 11.1. The highest BCUT2D eigenvalue weighted by molar-refractivity contribution is 9.10. The van der Waals surface area contributed by atoms with Gasteiger partial charge in [0.05, 0.1) is 16.0 Å². The number of nitro groups is 1. The lowest BCUT2D eigenvalue weighted by Crippen LogP contribution is -2.08. The summed E-state index contributed by atoms with van der Waals surface area (Å²) in [5.41, 5.74) is -1.93. The summed E-state index contributed by atoms with van der Waals surface area (Å²) < 4.78 is 44.6. The molecule has 0 saturated heterocycles. The average Bonchev–Trinajstić information content (AvgIpc) is 2.64. The number of ether oxygens (including phenoxy) is 1. The monoisotopic (exact) mass is 367 g/mol. The molecule has 2 rings (SSSR count). The highest BCUT2D eigenvalue weighted by atomic mass is 79.9. The summed E-state index contributed by atoms with van der Waals surface area (Å²) in [4.78, 5) is 14.2. The number of aryl methyl sites for hydroxylation is 1. The highest BCUT2D eigenvalue weighted by Gasteiger charge is 2.38. The maximum atomic E-state index is 13.0. The Morgan fingerprint density at radius 2 is 2.14 bits per heavy atom. The van der Waals surface area contributed by atoms with Gasteiger partial charge in [-0.2, -0.15) is 13.2 Å². The molecule has 10 heteroatoms. The van der Waals surface area contributed by atoms with E-state index >= 15 is 0 Å². The summed E-state index contributed by atoms with van der Waals surface area (Å²) in [6, 6.07) is 0.832. The van der Waals surface area contributed by atoms with Gasteiger partial charge in [-0.25, -0.2) is 4.98 Å². The molecule has 21 heavy (non-hydrogen) atoms. The molecule has 1 aromatic heterocycles. The Bertz CT molecular complexity index is 727. The third-order valence-electron chi connectivity index (χ3n) is 2.94. The number of halogens is 4. The van der Waals surface area contributed by atoms with Gasteiger partial charge in [-0.05, 0) is 22.0 Å². The molecule has 0 saturated carbocycles. The number of hydrogen-bond donors (Lipinski definition) is 0. The molecule has 0 fully saturated rings. The van der Waals surface area contributed by atoms with Crippen LogP contribution in [0.5, 0.6) is 0 Å². The van der Waals surface area contributed by atoms with Crippen LogP contribution < -0.4 is 0 Å². The second kappa shape index (κ2) is 5.26. The minimum Gasteiger partial charge on any atom is -0.377 e. The van der Waals surface area contributed by atoms with Crippen LogP contribution >= 0.6 is 15.9 Å². The van der Waals surface area contributed by atoms with E-state index in [1.165, 1.54) is 18.7 Å². The molecule has 0 aliphatic heterocycles. The van der Waals surface area contributed by atoms with E-state index in [2.05, 4.69) is 20.9 Å². The largest absolute Gasteiger partial charge is 0.417 e. The standard InChI is InChI=1S/C11H9BrF3N3O3/c1-17-6-3-5(11(13,14)15)8(12)10(18(19)20)9(6)16-7(17)4-21-2/h3H,4H2,1-2H3. The van der Waals surface area contributed by atoms with Crippen LogP contribution in [0.15, 0.2) is 10.5 Å². The van der Waals surface area contributed by atoms with E-state index in [1.54, 1.807) is 0 Å². The van der Waals surface area contributed by atoms with Gasteiger partial charge in [0.2, 0.25) is 0 Å². The Labute approximate surface area is 124 Å². The van der Waals surface area contributed by atoms with Crippen LogP contribution in [0.3, 0.4) is 0 Å². The molecular formula is C11H9BrF3N3O3. The molecule has 0 aliphatic carbocycles. The number of rotatable bonds is 3. The molecule has 0 atom stereocenters. The van der Waals surface area contributed by atoms with Gasteiger partial charge in [-0.3, -0.25) is 10.1 Å². The number of hydrogen-bond acceptors (Lipinski definition) is 4. The number of methoxy groups -OCH3 is 1. The van der Waals surface area contributed by atoms with Gasteiger partial charge in [-0.15, -0.1) is 0 Å². The first-order valence-electron chi connectivity index (χ1n) is 5.56. The number of fused-ring (bicyclic) bond motifs is 1. The zero-order valence-corrected chi connectivity index (χ0v) is 12.4. The first-order chi connectivity index (χ1) is 9.68. The maximum absolute atomic E-state index is 13.0. The predicted octanol–water partition coefficient (Wildman–Crippen LogP) is 3.41. The first kappa shape index (κ1) is 15.7. The van der Waals surface area contributed by atoms with E-state index in [1.807, 2.05) is 0 Å². The average molecular weight is 368 g/mol. The summed E-state index contributed by atoms with van der Waals surface area (Å²) in [7, 11) is 2.87. The lowest BCUT2D eigenvalue weighted by molar-refractivity contribution is -0.384. The Balaban J connectivity index is 2.90. The Morgan fingerprint density at radius 1 is 1.52 bits per heavy atom. The van der Waals surface area contributed by atoms with Crippen LogP contribution in [0.1, 0.15) is 11.4 Å². The molecule has 0 bridgehead atoms. The lowest BCUT2D eigenvalue weighted by atomic mass is 10.1. The Kier molecular flexibility index (Phi) is 3.93. The van der Waals surface area contributed by atoms with E-state index < -0.39 is 26.8 Å². The molecule has 114 valence electrons. The molecule has 2 aromatic rings. The van der Waals surface area contributed by atoms with Crippen molar-refractivity contribution in [3.63, 3.8) is 0 Å². The van der Waals surface area contributed by atoms with Crippen molar-refractivity contribution in [2.24, 2.45) is 7.05 Å². The van der Waals surface area contributed by atoms with E-state index in [0.717, 1.165) is 6.07 Å². The minimum absolute atomic E-state index is 0.0178. The topological polar surface area (TPSA) is 70.2 Å². The number of imidazole rings is 1. The lowest BCUT2D eigenvalue weighted by Gasteiger charge is -2.10. The summed E-state index contributed by atoms with van der Waals surface area (Å²) in [5.74, 6) is 0.293. The fraction of sp³-hybridized carbons (Fsp3) is 0.364. The quantitative estimate of drug-likeness (QED) is 0.615. The van der Waals surface area contributed by atoms with Crippen molar-refractivity contribution >= 4 is 32.7 Å². The third kappa shape index (κ3) is 2.60. The number of nitrogens with zero attached hydrogens (tertiary/aromatic N) is 3. The molecular weight excluding hydrogens is 359 g/mol. The van der Waals surface area contributed by atoms with Crippen LogP contribution in [0.4, 0.5) is 18.9 Å². The zero-order valence-electron chi connectivity index (χ0n) is 10.9. The minimum atomic E-state index is -4.72. The van der Waals surface area contributed by atoms with Gasteiger partial charge < -0.3 is 9.30 Å². The van der Waals surface area contributed by atoms with Crippen molar-refractivity contribution < 1.29 is 22.8 Å². The molecule has 6 nitrogen and oxygen atoms in total. The van der Waals surface area contributed by atoms with Crippen LogP contribution in [0.2, 0.25) is 0 Å². The Morgan fingerprint density at radius 3 is 2.62 bits per heavy atom. The number of benzene rings is 1. The van der Waals surface area contributed by atoms with E-state index in [9.17, 15) is 23.3 Å².